The van der Waals surface area contributed by atoms with Crippen molar-refractivity contribution in [2.45, 2.75) is 68.3 Å². The number of esters is 1. The van der Waals surface area contributed by atoms with Gasteiger partial charge in [0.25, 0.3) is 0 Å². The maximum absolute atomic E-state index is 13.1. The van der Waals surface area contributed by atoms with Gasteiger partial charge in [-0.3, -0.25) is 4.79 Å². The van der Waals surface area contributed by atoms with Crippen molar-refractivity contribution >= 4 is 18.3 Å². The van der Waals surface area contributed by atoms with Gasteiger partial charge in [0.05, 0.1) is 33.0 Å². The second-order valence-corrected chi connectivity index (χ2v) is 10.6. The summed E-state index contributed by atoms with van der Waals surface area (Å²) in [6, 6.07) is 7.15. The fraction of sp³-hybridized carbons (Fsp3) is 0.484. The van der Waals surface area contributed by atoms with Crippen molar-refractivity contribution in [2.24, 2.45) is 0 Å². The van der Waals surface area contributed by atoms with Crippen LogP contribution in [0.15, 0.2) is 36.4 Å². The van der Waals surface area contributed by atoms with Crippen molar-refractivity contribution in [1.82, 2.24) is 0 Å². The quantitative estimate of drug-likeness (QED) is 0.0923. The van der Waals surface area contributed by atoms with Crippen LogP contribution in [0.2, 0.25) is 0 Å². The third-order valence-electron chi connectivity index (χ3n) is 7.58. The average Bonchev–Trinajstić information content (AvgIpc) is 3.08. The molecule has 0 aromatic heterocycles. The molecule has 2 aromatic carbocycles. The summed E-state index contributed by atoms with van der Waals surface area (Å²) in [5.41, 5.74) is 0.528. The lowest BCUT2D eigenvalue weighted by atomic mass is 9.99. The molecule has 0 spiro atoms. The number of methoxy groups -OCH3 is 3. The molecular formula is C31H38O16. The summed E-state index contributed by atoms with van der Waals surface area (Å²) in [7, 11) is 3.93. The molecular weight excluding hydrogens is 628 g/mol. The van der Waals surface area contributed by atoms with Crippen molar-refractivity contribution in [1.29, 1.82) is 0 Å². The fourth-order valence-corrected chi connectivity index (χ4v) is 4.89. The van der Waals surface area contributed by atoms with Gasteiger partial charge in [0.2, 0.25) is 18.3 Å². The number of hydrogen-bond acceptors (Lipinski definition) is 16. The van der Waals surface area contributed by atoms with Gasteiger partial charge in [-0.25, -0.2) is 4.79 Å². The Morgan fingerprint density at radius 3 is 1.94 bits per heavy atom. The number of hydrogen-bond donors (Lipinski definition) is 6. The Morgan fingerprint density at radius 2 is 1.34 bits per heavy atom. The molecule has 0 saturated carbocycles. The maximum Gasteiger partial charge on any atom is 0.338 e. The number of benzene rings is 2. The fourth-order valence-electron chi connectivity index (χ4n) is 4.89. The van der Waals surface area contributed by atoms with E-state index in [1.54, 1.807) is 12.1 Å². The minimum absolute atomic E-state index is 0.0389. The molecule has 10 atom stereocenters. The molecule has 16 nitrogen and oxygen atoms in total. The van der Waals surface area contributed by atoms with Crippen LogP contribution in [0, 0.1) is 0 Å². The van der Waals surface area contributed by atoms with E-state index in [2.05, 4.69) is 0 Å². The smallest absolute Gasteiger partial charge is 0.338 e. The van der Waals surface area contributed by atoms with Gasteiger partial charge in [-0.15, -0.1) is 0 Å². The van der Waals surface area contributed by atoms with E-state index < -0.39 is 74.0 Å². The summed E-state index contributed by atoms with van der Waals surface area (Å²) in [5.74, 6) is -0.750. The molecule has 2 aliphatic rings. The number of aliphatic hydroxyl groups is 6. The topological polar surface area (TPSA) is 229 Å². The Kier molecular flexibility index (Phi) is 12.0. The van der Waals surface area contributed by atoms with Crippen LogP contribution in [0.4, 0.5) is 0 Å². The third kappa shape index (κ3) is 7.94. The van der Waals surface area contributed by atoms with E-state index in [9.17, 15) is 40.2 Å². The summed E-state index contributed by atoms with van der Waals surface area (Å²) in [4.78, 5) is 23.7. The zero-order valence-corrected chi connectivity index (χ0v) is 25.9. The molecule has 47 heavy (non-hydrogen) atoms. The van der Waals surface area contributed by atoms with Gasteiger partial charge in [0.15, 0.2) is 23.0 Å². The maximum atomic E-state index is 13.1. The summed E-state index contributed by atoms with van der Waals surface area (Å²) in [6.07, 6.45) is -11.4. The minimum Gasteiger partial charge on any atom is -0.493 e. The van der Waals surface area contributed by atoms with Crippen LogP contribution in [0.25, 0.3) is 6.08 Å². The van der Waals surface area contributed by atoms with E-state index in [1.165, 1.54) is 58.6 Å². The zero-order valence-electron chi connectivity index (χ0n) is 25.9. The molecule has 16 heteroatoms. The number of carbonyl (C=O) groups is 2. The number of ether oxygens (including phenoxy) is 8. The highest BCUT2D eigenvalue weighted by Gasteiger charge is 2.46. The van der Waals surface area contributed by atoms with Crippen LogP contribution < -0.4 is 23.7 Å². The van der Waals surface area contributed by atoms with Crippen molar-refractivity contribution in [2.75, 3.05) is 27.9 Å². The normalized spacial score (nSPS) is 30.8. The first-order valence-electron chi connectivity index (χ1n) is 14.4. The van der Waals surface area contributed by atoms with E-state index in [-0.39, 0.29) is 34.3 Å². The highest BCUT2D eigenvalue weighted by Crippen LogP contribution is 2.41. The van der Waals surface area contributed by atoms with Crippen molar-refractivity contribution < 1.29 is 78.1 Å². The molecule has 2 aliphatic heterocycles. The molecule has 2 aromatic rings. The van der Waals surface area contributed by atoms with Crippen molar-refractivity contribution in [3.05, 3.63) is 47.5 Å². The van der Waals surface area contributed by atoms with Gasteiger partial charge in [-0.05, 0) is 42.8 Å². The first kappa shape index (κ1) is 35.8. The molecule has 0 aliphatic carbocycles. The SMILES string of the molecule is COc1cc(C=CC=O)ccc1O[C@@H]1O[C@H](COC(=O)c2cc(OC)c(O[C@@H]3O[C@@H](C)[C@H](O)[C@@H](O)[C@H]3O)c(OC)c2)[C@@H](O)[C@H](O)[C@H]1O. The van der Waals surface area contributed by atoms with Gasteiger partial charge in [0.1, 0.15) is 55.6 Å². The van der Waals surface area contributed by atoms with E-state index in [0.717, 1.165) is 0 Å². The number of rotatable bonds is 12. The van der Waals surface area contributed by atoms with Gasteiger partial charge < -0.3 is 68.5 Å². The molecule has 0 amide bonds. The largest absolute Gasteiger partial charge is 0.493 e. The number of aldehydes is 1. The Hall–Kier alpha value is -4.00. The summed E-state index contributed by atoms with van der Waals surface area (Å²) in [6.45, 7) is 0.897. The second kappa shape index (κ2) is 15.7. The van der Waals surface area contributed by atoms with Gasteiger partial charge in [-0.1, -0.05) is 12.1 Å². The molecule has 258 valence electrons. The Balaban J connectivity index is 1.47. The summed E-state index contributed by atoms with van der Waals surface area (Å²) < 4.78 is 44.0. The Labute approximate surface area is 269 Å². The summed E-state index contributed by atoms with van der Waals surface area (Å²) in [5, 5.41) is 62.1. The second-order valence-electron chi connectivity index (χ2n) is 10.6. The third-order valence-corrected chi connectivity index (χ3v) is 7.58. The lowest BCUT2D eigenvalue weighted by Crippen LogP contribution is -2.60. The molecule has 4 rings (SSSR count). The van der Waals surface area contributed by atoms with Gasteiger partial charge in [-0.2, -0.15) is 0 Å². The van der Waals surface area contributed by atoms with Crippen LogP contribution in [0.1, 0.15) is 22.8 Å². The first-order chi connectivity index (χ1) is 22.4. The van der Waals surface area contributed by atoms with Gasteiger partial charge in [0, 0.05) is 0 Å². The van der Waals surface area contributed by atoms with Crippen LogP contribution in [-0.2, 0) is 19.0 Å². The average molecular weight is 667 g/mol. The predicted molar refractivity (Wildman–Crippen MR) is 158 cm³/mol. The molecule has 2 fully saturated rings. The van der Waals surface area contributed by atoms with Crippen LogP contribution >= 0.6 is 0 Å². The molecule has 0 unspecified atom stereocenters. The van der Waals surface area contributed by atoms with E-state index >= 15 is 0 Å². The van der Waals surface area contributed by atoms with E-state index in [1.807, 2.05) is 0 Å². The number of aliphatic hydroxyl groups excluding tert-OH is 6. The lowest BCUT2D eigenvalue weighted by Gasteiger charge is -2.40. The monoisotopic (exact) mass is 666 g/mol. The van der Waals surface area contributed by atoms with E-state index in [0.29, 0.717) is 11.8 Å². The van der Waals surface area contributed by atoms with Crippen molar-refractivity contribution in [3.63, 3.8) is 0 Å². The molecule has 0 bridgehead atoms. The number of allylic oxidation sites excluding steroid dienone is 1. The molecule has 2 saturated heterocycles. The highest BCUT2D eigenvalue weighted by atomic mass is 16.7. The lowest BCUT2D eigenvalue weighted by molar-refractivity contribution is -0.277. The highest BCUT2D eigenvalue weighted by molar-refractivity contribution is 5.91. The standard InChI is InChI=1S/C31H38O16/c1-14-22(33)24(35)26(37)30(44-14)47-28-19(41-3)11-16(12-20(28)42-4)29(39)43-13-21-23(34)25(36)27(38)31(46-21)45-17-8-7-15(6-5-9-32)10-18(17)40-2/h5-12,14,21-27,30-31,33-38H,13H2,1-4H3/t14-,21+,22-,23+,24+,25-,26+,27+,30-,31+/m0/s1. The van der Waals surface area contributed by atoms with Crippen LogP contribution in [0.5, 0.6) is 28.7 Å². The zero-order chi connectivity index (χ0) is 34.4. The van der Waals surface area contributed by atoms with Crippen molar-refractivity contribution in [3.8, 4) is 28.7 Å². The van der Waals surface area contributed by atoms with E-state index in [4.69, 9.17) is 37.9 Å². The predicted octanol–water partition coefficient (Wildman–Crippen LogP) is -0.826. The number of carbonyl (C=O) groups excluding carboxylic acids is 2. The molecule has 6 N–H and O–H groups in total. The summed E-state index contributed by atoms with van der Waals surface area (Å²) >= 11 is 0. The van der Waals surface area contributed by atoms with Gasteiger partial charge >= 0.3 is 5.97 Å². The Bertz CT molecular complexity index is 1390. The first-order valence-corrected chi connectivity index (χ1v) is 14.4. The molecule has 0 radical (unpaired) electrons. The van der Waals surface area contributed by atoms with Crippen LogP contribution in [0.3, 0.4) is 0 Å². The van der Waals surface area contributed by atoms with Crippen LogP contribution in [-0.4, -0.2) is 132 Å². The molecule has 2 heterocycles. The minimum atomic E-state index is -1.74. The Morgan fingerprint density at radius 1 is 0.745 bits per heavy atom.